The molecule has 1 aromatic carbocycles. The first kappa shape index (κ1) is 18.3. The van der Waals surface area contributed by atoms with E-state index in [0.717, 1.165) is 19.0 Å². The monoisotopic (exact) mass is 291 g/mol. The zero-order valence-electron chi connectivity index (χ0n) is 11.6. The van der Waals surface area contributed by atoms with Gasteiger partial charge in [-0.15, -0.1) is 12.4 Å². The van der Waals surface area contributed by atoms with Gasteiger partial charge in [0.2, 0.25) is 0 Å². The minimum absolute atomic E-state index is 0. The summed E-state index contributed by atoms with van der Waals surface area (Å²) in [5, 5.41) is 3.19. The smallest absolute Gasteiger partial charge is 0.130 e. The van der Waals surface area contributed by atoms with Crippen LogP contribution in [0.1, 0.15) is 51.0 Å². The molecule has 0 bridgehead atoms. The summed E-state index contributed by atoms with van der Waals surface area (Å²) >= 11 is 0. The van der Waals surface area contributed by atoms with Crippen molar-refractivity contribution in [2.24, 2.45) is 0 Å². The van der Waals surface area contributed by atoms with Crippen LogP contribution < -0.4 is 5.32 Å². The Hall–Kier alpha value is -0.670. The van der Waals surface area contributed by atoms with Gasteiger partial charge >= 0.3 is 0 Å². The fraction of sp³-hybridized carbons (Fsp3) is 0.600. The molecule has 0 aliphatic heterocycles. The van der Waals surface area contributed by atoms with Gasteiger partial charge in [-0.25, -0.2) is 8.78 Å². The predicted octanol–water partition coefficient (Wildman–Crippen LogP) is 4.84. The highest BCUT2D eigenvalue weighted by molar-refractivity contribution is 5.85. The zero-order valence-corrected chi connectivity index (χ0v) is 12.4. The van der Waals surface area contributed by atoms with Crippen LogP contribution in [-0.2, 0) is 6.54 Å². The Labute approximate surface area is 121 Å². The number of rotatable bonds is 9. The molecule has 1 aromatic rings. The number of nitrogens with one attached hydrogen (secondary N) is 1. The maximum atomic E-state index is 13.3. The summed E-state index contributed by atoms with van der Waals surface area (Å²) in [5.74, 6) is -0.988. The van der Waals surface area contributed by atoms with Gasteiger partial charge in [0.05, 0.1) is 0 Å². The van der Waals surface area contributed by atoms with E-state index in [9.17, 15) is 8.78 Å². The van der Waals surface area contributed by atoms with Gasteiger partial charge in [-0.1, -0.05) is 45.1 Å². The normalized spacial score (nSPS) is 10.3. The number of unbranched alkanes of at least 4 members (excludes halogenated alkanes) is 5. The van der Waals surface area contributed by atoms with E-state index in [1.54, 1.807) is 0 Å². The molecule has 0 saturated heterocycles. The third-order valence-electron chi connectivity index (χ3n) is 3.04. The van der Waals surface area contributed by atoms with Crippen molar-refractivity contribution in [1.82, 2.24) is 5.32 Å². The van der Waals surface area contributed by atoms with E-state index >= 15 is 0 Å². The molecule has 0 unspecified atom stereocenters. The lowest BCUT2D eigenvalue weighted by Crippen LogP contribution is -2.15. The molecule has 0 radical (unpaired) electrons. The minimum Gasteiger partial charge on any atom is -0.313 e. The fourth-order valence-corrected chi connectivity index (χ4v) is 1.92. The standard InChI is InChI=1S/C15H23F2N.ClH/c1-2-3-4-5-6-7-10-18-12-13-8-9-14(16)11-15(13)17;/h8-9,11,18H,2-7,10,12H2,1H3;1H. The van der Waals surface area contributed by atoms with E-state index in [0.29, 0.717) is 12.1 Å². The second-order valence-electron chi connectivity index (χ2n) is 4.68. The van der Waals surface area contributed by atoms with E-state index in [1.807, 2.05) is 0 Å². The van der Waals surface area contributed by atoms with Crippen molar-refractivity contribution in [3.8, 4) is 0 Å². The van der Waals surface area contributed by atoms with Crippen LogP contribution in [0.4, 0.5) is 8.78 Å². The number of hydrogen-bond donors (Lipinski definition) is 1. The third-order valence-corrected chi connectivity index (χ3v) is 3.04. The van der Waals surface area contributed by atoms with Crippen LogP contribution in [0, 0.1) is 11.6 Å². The summed E-state index contributed by atoms with van der Waals surface area (Å²) in [7, 11) is 0. The largest absolute Gasteiger partial charge is 0.313 e. The molecule has 110 valence electrons. The maximum absolute atomic E-state index is 13.3. The SMILES string of the molecule is CCCCCCCCNCc1ccc(F)cc1F.Cl. The van der Waals surface area contributed by atoms with Gasteiger partial charge in [0, 0.05) is 18.2 Å². The first-order chi connectivity index (χ1) is 8.74. The molecule has 0 aliphatic carbocycles. The molecular formula is C15H24ClF2N. The minimum atomic E-state index is -0.521. The summed E-state index contributed by atoms with van der Waals surface area (Å²) < 4.78 is 26.0. The summed E-state index contributed by atoms with van der Waals surface area (Å²) in [4.78, 5) is 0. The van der Waals surface area contributed by atoms with Crippen molar-refractivity contribution in [1.29, 1.82) is 0 Å². The number of halogens is 3. The first-order valence-electron chi connectivity index (χ1n) is 6.88. The van der Waals surface area contributed by atoms with E-state index < -0.39 is 11.6 Å². The zero-order chi connectivity index (χ0) is 13.2. The highest BCUT2D eigenvalue weighted by Crippen LogP contribution is 2.09. The van der Waals surface area contributed by atoms with Crippen molar-refractivity contribution in [2.45, 2.75) is 52.0 Å². The second kappa shape index (κ2) is 11.2. The molecule has 0 saturated carbocycles. The lowest BCUT2D eigenvalue weighted by molar-refractivity contribution is 0.545. The van der Waals surface area contributed by atoms with Crippen molar-refractivity contribution in [2.75, 3.05) is 6.54 Å². The molecule has 0 aromatic heterocycles. The van der Waals surface area contributed by atoms with Gasteiger partial charge in [0.15, 0.2) is 0 Å². The fourth-order valence-electron chi connectivity index (χ4n) is 1.92. The molecular weight excluding hydrogens is 268 g/mol. The van der Waals surface area contributed by atoms with Crippen LogP contribution in [0.5, 0.6) is 0 Å². The first-order valence-corrected chi connectivity index (χ1v) is 6.88. The lowest BCUT2D eigenvalue weighted by atomic mass is 10.1. The van der Waals surface area contributed by atoms with Crippen molar-refractivity contribution in [3.63, 3.8) is 0 Å². The average molecular weight is 292 g/mol. The van der Waals surface area contributed by atoms with Gasteiger partial charge in [-0.3, -0.25) is 0 Å². The molecule has 1 rings (SSSR count). The summed E-state index contributed by atoms with van der Waals surface area (Å²) in [6.07, 6.45) is 7.51. The summed E-state index contributed by atoms with van der Waals surface area (Å²) in [6.45, 7) is 3.57. The number of hydrogen-bond acceptors (Lipinski definition) is 1. The Morgan fingerprint density at radius 2 is 1.68 bits per heavy atom. The van der Waals surface area contributed by atoms with E-state index in [2.05, 4.69) is 12.2 Å². The van der Waals surface area contributed by atoms with Crippen molar-refractivity contribution >= 4 is 12.4 Å². The van der Waals surface area contributed by atoms with Crippen LogP contribution in [0.25, 0.3) is 0 Å². The molecule has 0 spiro atoms. The van der Waals surface area contributed by atoms with Gasteiger partial charge in [-0.2, -0.15) is 0 Å². The van der Waals surface area contributed by atoms with Crippen LogP contribution in [0.15, 0.2) is 18.2 Å². The van der Waals surface area contributed by atoms with E-state index in [-0.39, 0.29) is 12.4 Å². The molecule has 1 nitrogen and oxygen atoms in total. The van der Waals surface area contributed by atoms with Gasteiger partial charge in [0.25, 0.3) is 0 Å². The van der Waals surface area contributed by atoms with Gasteiger partial charge in [-0.05, 0) is 19.0 Å². The molecule has 19 heavy (non-hydrogen) atoms. The maximum Gasteiger partial charge on any atom is 0.130 e. The van der Waals surface area contributed by atoms with Crippen LogP contribution in [-0.4, -0.2) is 6.54 Å². The predicted molar refractivity (Wildman–Crippen MR) is 78.7 cm³/mol. The average Bonchev–Trinajstić information content (AvgIpc) is 2.35. The van der Waals surface area contributed by atoms with Gasteiger partial charge < -0.3 is 5.32 Å². The van der Waals surface area contributed by atoms with E-state index in [4.69, 9.17) is 0 Å². The molecule has 0 aliphatic rings. The van der Waals surface area contributed by atoms with Crippen LogP contribution >= 0.6 is 12.4 Å². The molecule has 4 heteroatoms. The molecule has 1 N–H and O–H groups in total. The third kappa shape index (κ3) is 8.17. The summed E-state index contributed by atoms with van der Waals surface area (Å²) in [6, 6.07) is 3.73. The molecule has 0 heterocycles. The quantitative estimate of drug-likeness (QED) is 0.642. The Balaban J connectivity index is 0.00000324. The van der Waals surface area contributed by atoms with Crippen molar-refractivity contribution in [3.05, 3.63) is 35.4 Å². The van der Waals surface area contributed by atoms with Crippen LogP contribution in [0.3, 0.4) is 0 Å². The molecule has 0 fully saturated rings. The molecule has 0 amide bonds. The highest BCUT2D eigenvalue weighted by atomic mass is 35.5. The number of benzene rings is 1. The van der Waals surface area contributed by atoms with E-state index in [1.165, 1.54) is 44.2 Å². The topological polar surface area (TPSA) is 12.0 Å². The highest BCUT2D eigenvalue weighted by Gasteiger charge is 2.02. The van der Waals surface area contributed by atoms with Crippen LogP contribution in [0.2, 0.25) is 0 Å². The Bertz CT molecular complexity index is 345. The Morgan fingerprint density at radius 1 is 1.00 bits per heavy atom. The van der Waals surface area contributed by atoms with Gasteiger partial charge in [0.1, 0.15) is 11.6 Å². The van der Waals surface area contributed by atoms with Crippen molar-refractivity contribution < 1.29 is 8.78 Å². The summed E-state index contributed by atoms with van der Waals surface area (Å²) in [5.41, 5.74) is 0.530. The second-order valence-corrected chi connectivity index (χ2v) is 4.68. The lowest BCUT2D eigenvalue weighted by Gasteiger charge is -2.06. The Morgan fingerprint density at radius 3 is 2.37 bits per heavy atom. The Kier molecular flexibility index (Phi) is 10.8. The molecule has 0 atom stereocenters.